The minimum atomic E-state index is -0.203. The number of benzene rings is 3. The van der Waals surface area contributed by atoms with Crippen molar-refractivity contribution in [3.63, 3.8) is 0 Å². The minimum absolute atomic E-state index is 0.203. The fourth-order valence-electron chi connectivity index (χ4n) is 3.69. The van der Waals surface area contributed by atoms with Crippen LogP contribution in [-0.2, 0) is 5.41 Å². The van der Waals surface area contributed by atoms with Gasteiger partial charge in [-0.25, -0.2) is 0 Å². The first kappa shape index (κ1) is 14.3. The number of methoxy groups -OCH3 is 1. The van der Waals surface area contributed by atoms with Gasteiger partial charge < -0.3 is 4.74 Å². The molecule has 0 fully saturated rings. The van der Waals surface area contributed by atoms with Gasteiger partial charge in [0, 0.05) is 10.4 Å². The molecule has 1 aliphatic rings. The Morgan fingerprint density at radius 2 is 1.52 bits per heavy atom. The Hall–Kier alpha value is -2.25. The van der Waals surface area contributed by atoms with Gasteiger partial charge >= 0.3 is 0 Å². The van der Waals surface area contributed by atoms with Gasteiger partial charge in [-0.1, -0.05) is 54.1 Å². The molecule has 114 valence electrons. The SMILES string of the molecule is COc1ccc2c(c1)C(C)(c1ccc(Cl)cc1)c1ccccc1-2. The van der Waals surface area contributed by atoms with E-state index in [0.29, 0.717) is 0 Å². The highest BCUT2D eigenvalue weighted by atomic mass is 35.5. The number of hydrogen-bond acceptors (Lipinski definition) is 1. The Bertz CT molecular complexity index is 883. The van der Waals surface area contributed by atoms with E-state index in [1.807, 2.05) is 18.2 Å². The third kappa shape index (κ3) is 2.00. The molecule has 0 N–H and O–H groups in total. The molecule has 1 unspecified atom stereocenters. The van der Waals surface area contributed by atoms with Gasteiger partial charge in [-0.15, -0.1) is 0 Å². The van der Waals surface area contributed by atoms with Crippen molar-refractivity contribution in [1.29, 1.82) is 0 Å². The highest BCUT2D eigenvalue weighted by Gasteiger charge is 2.40. The smallest absolute Gasteiger partial charge is 0.119 e. The molecule has 4 rings (SSSR count). The van der Waals surface area contributed by atoms with E-state index in [4.69, 9.17) is 16.3 Å². The van der Waals surface area contributed by atoms with Crippen LogP contribution in [0.1, 0.15) is 23.6 Å². The molecule has 1 nitrogen and oxygen atoms in total. The summed E-state index contributed by atoms with van der Waals surface area (Å²) in [6, 6.07) is 23.1. The summed E-state index contributed by atoms with van der Waals surface area (Å²) < 4.78 is 5.47. The van der Waals surface area contributed by atoms with Crippen molar-refractivity contribution in [2.75, 3.05) is 7.11 Å². The number of halogens is 1. The fourth-order valence-corrected chi connectivity index (χ4v) is 3.82. The second kappa shape index (κ2) is 5.14. The summed E-state index contributed by atoms with van der Waals surface area (Å²) in [5.74, 6) is 0.886. The molecule has 3 aromatic carbocycles. The molecule has 3 aromatic rings. The van der Waals surface area contributed by atoms with Crippen LogP contribution in [0.25, 0.3) is 11.1 Å². The van der Waals surface area contributed by atoms with Crippen molar-refractivity contribution in [3.05, 3.63) is 88.4 Å². The molecule has 0 heterocycles. The summed E-state index contributed by atoms with van der Waals surface area (Å²) in [4.78, 5) is 0. The Labute approximate surface area is 141 Å². The van der Waals surface area contributed by atoms with Crippen LogP contribution >= 0.6 is 11.6 Å². The zero-order valence-corrected chi connectivity index (χ0v) is 13.9. The van der Waals surface area contributed by atoms with Crippen LogP contribution in [0.5, 0.6) is 5.75 Å². The lowest BCUT2D eigenvalue weighted by Gasteiger charge is -2.28. The van der Waals surface area contributed by atoms with Crippen LogP contribution in [0.4, 0.5) is 0 Å². The summed E-state index contributed by atoms with van der Waals surface area (Å²) in [5.41, 5.74) is 6.21. The molecular weight excluding hydrogens is 304 g/mol. The lowest BCUT2D eigenvalue weighted by Crippen LogP contribution is -2.22. The zero-order chi connectivity index (χ0) is 16.0. The first-order valence-corrected chi connectivity index (χ1v) is 8.07. The lowest BCUT2D eigenvalue weighted by atomic mass is 9.74. The second-order valence-electron chi connectivity index (χ2n) is 6.09. The van der Waals surface area contributed by atoms with Gasteiger partial charge in [0.25, 0.3) is 0 Å². The molecule has 0 radical (unpaired) electrons. The zero-order valence-electron chi connectivity index (χ0n) is 13.1. The monoisotopic (exact) mass is 320 g/mol. The molecule has 0 spiro atoms. The average Bonchev–Trinajstić information content (AvgIpc) is 2.86. The largest absolute Gasteiger partial charge is 0.497 e. The first-order chi connectivity index (χ1) is 11.1. The van der Waals surface area contributed by atoms with Crippen molar-refractivity contribution >= 4 is 11.6 Å². The van der Waals surface area contributed by atoms with Crippen LogP contribution in [0.3, 0.4) is 0 Å². The van der Waals surface area contributed by atoms with E-state index in [-0.39, 0.29) is 5.41 Å². The van der Waals surface area contributed by atoms with E-state index in [1.165, 1.54) is 27.8 Å². The molecule has 2 heteroatoms. The number of rotatable bonds is 2. The van der Waals surface area contributed by atoms with Crippen molar-refractivity contribution in [2.45, 2.75) is 12.3 Å². The van der Waals surface area contributed by atoms with Crippen molar-refractivity contribution < 1.29 is 4.74 Å². The van der Waals surface area contributed by atoms with E-state index in [1.54, 1.807) is 7.11 Å². The topological polar surface area (TPSA) is 9.23 Å². The second-order valence-corrected chi connectivity index (χ2v) is 6.53. The predicted molar refractivity (Wildman–Crippen MR) is 95.4 cm³/mol. The molecule has 0 aliphatic heterocycles. The van der Waals surface area contributed by atoms with Gasteiger partial charge in [0.2, 0.25) is 0 Å². The van der Waals surface area contributed by atoms with Gasteiger partial charge in [-0.05, 0) is 59.0 Å². The van der Waals surface area contributed by atoms with E-state index in [0.717, 1.165) is 10.8 Å². The van der Waals surface area contributed by atoms with Crippen molar-refractivity contribution in [2.24, 2.45) is 0 Å². The maximum absolute atomic E-state index is 6.09. The van der Waals surface area contributed by atoms with Gasteiger partial charge in [-0.2, -0.15) is 0 Å². The Kier molecular flexibility index (Phi) is 3.21. The molecule has 0 saturated carbocycles. The van der Waals surface area contributed by atoms with Crippen molar-refractivity contribution in [3.8, 4) is 16.9 Å². The third-order valence-electron chi connectivity index (χ3n) is 4.94. The molecule has 1 atom stereocenters. The maximum Gasteiger partial charge on any atom is 0.119 e. The quantitative estimate of drug-likeness (QED) is 0.590. The van der Waals surface area contributed by atoms with Crippen LogP contribution in [0.2, 0.25) is 5.02 Å². The maximum atomic E-state index is 6.09. The van der Waals surface area contributed by atoms with Crippen molar-refractivity contribution in [1.82, 2.24) is 0 Å². The van der Waals surface area contributed by atoms with Gasteiger partial charge in [-0.3, -0.25) is 0 Å². The van der Waals surface area contributed by atoms with E-state index in [9.17, 15) is 0 Å². The van der Waals surface area contributed by atoms with Gasteiger partial charge in [0.1, 0.15) is 5.75 Å². The molecule has 0 bridgehead atoms. The van der Waals surface area contributed by atoms with E-state index < -0.39 is 0 Å². The minimum Gasteiger partial charge on any atom is -0.497 e. The third-order valence-corrected chi connectivity index (χ3v) is 5.19. The molecule has 23 heavy (non-hydrogen) atoms. The lowest BCUT2D eigenvalue weighted by molar-refractivity contribution is 0.414. The van der Waals surface area contributed by atoms with Crippen LogP contribution in [-0.4, -0.2) is 7.11 Å². The highest BCUT2D eigenvalue weighted by Crippen LogP contribution is 2.53. The van der Waals surface area contributed by atoms with Crippen LogP contribution < -0.4 is 4.74 Å². The fraction of sp³-hybridized carbons (Fsp3) is 0.143. The summed E-state index contributed by atoms with van der Waals surface area (Å²) in [5, 5.41) is 0.759. The highest BCUT2D eigenvalue weighted by molar-refractivity contribution is 6.30. The number of ether oxygens (including phenoxy) is 1. The summed E-state index contributed by atoms with van der Waals surface area (Å²) in [6.07, 6.45) is 0. The van der Waals surface area contributed by atoms with E-state index >= 15 is 0 Å². The van der Waals surface area contributed by atoms with Gasteiger partial charge in [0.15, 0.2) is 0 Å². The Morgan fingerprint density at radius 1 is 0.826 bits per heavy atom. The molecule has 0 aromatic heterocycles. The summed E-state index contributed by atoms with van der Waals surface area (Å²) in [7, 11) is 1.71. The summed E-state index contributed by atoms with van der Waals surface area (Å²) >= 11 is 6.09. The molecule has 1 aliphatic carbocycles. The van der Waals surface area contributed by atoms with Crippen LogP contribution in [0.15, 0.2) is 66.7 Å². The standard InChI is InChI=1S/C21H17ClO/c1-21(14-7-9-15(22)10-8-14)19-6-4-3-5-17(19)18-12-11-16(23-2)13-20(18)21/h3-13H,1-2H3. The first-order valence-electron chi connectivity index (χ1n) is 7.69. The average molecular weight is 321 g/mol. The molecular formula is C21H17ClO. The number of fused-ring (bicyclic) bond motifs is 3. The molecule has 0 saturated heterocycles. The van der Waals surface area contributed by atoms with Gasteiger partial charge in [0.05, 0.1) is 7.11 Å². The normalized spacial score (nSPS) is 18.4. The Morgan fingerprint density at radius 3 is 2.26 bits per heavy atom. The molecule has 0 amide bonds. The van der Waals surface area contributed by atoms with Crippen LogP contribution in [0, 0.1) is 0 Å². The predicted octanol–water partition coefficient (Wildman–Crippen LogP) is 5.68. The number of hydrogen-bond donors (Lipinski definition) is 0. The Balaban J connectivity index is 2.04. The summed E-state index contributed by atoms with van der Waals surface area (Å²) in [6.45, 7) is 2.28. The van der Waals surface area contributed by atoms with E-state index in [2.05, 4.69) is 55.5 Å².